The van der Waals surface area contributed by atoms with E-state index < -0.39 is 31.6 Å². The van der Waals surface area contributed by atoms with Gasteiger partial charge in [-0.1, -0.05) is 19.1 Å². The van der Waals surface area contributed by atoms with Crippen molar-refractivity contribution in [3.8, 4) is 0 Å². The van der Waals surface area contributed by atoms with Crippen molar-refractivity contribution in [2.75, 3.05) is 34.4 Å². The largest absolute Gasteiger partial charge is 0.396 e. The van der Waals surface area contributed by atoms with Crippen LogP contribution in [0.2, 0.25) is 18.6 Å². The average molecular weight is 608 g/mol. The second kappa shape index (κ2) is 11.4. The van der Waals surface area contributed by atoms with Crippen molar-refractivity contribution >= 4 is 43.2 Å². The fourth-order valence-electron chi connectivity index (χ4n) is 7.92. The molecule has 6 rings (SSSR count). The molecule has 3 amide bonds. The van der Waals surface area contributed by atoms with Crippen LogP contribution in [-0.4, -0.2) is 57.0 Å². The number of amides is 3. The first-order valence-corrected chi connectivity index (χ1v) is 18.7. The lowest BCUT2D eigenvalue weighted by Crippen LogP contribution is -2.45. The van der Waals surface area contributed by atoms with Gasteiger partial charge in [-0.3, -0.25) is 14.4 Å². The average Bonchev–Trinajstić information content (AvgIpc) is 3.40. The summed E-state index contributed by atoms with van der Waals surface area (Å²) in [6.45, 7) is 6.59. The number of halogens is 1. The highest BCUT2D eigenvalue weighted by atomic mass is 28.4. The number of carbonyl (C=O) groups is 3. The molecule has 4 atom stereocenters. The van der Waals surface area contributed by atoms with E-state index in [4.69, 9.17) is 4.74 Å². The molecule has 10 heteroatoms. The maximum absolute atomic E-state index is 15.9. The van der Waals surface area contributed by atoms with Crippen molar-refractivity contribution in [3.63, 3.8) is 0 Å². The summed E-state index contributed by atoms with van der Waals surface area (Å²) in [4.78, 5) is 45.5. The third-order valence-electron chi connectivity index (χ3n) is 9.88. The summed E-state index contributed by atoms with van der Waals surface area (Å²) >= 11 is 0. The van der Waals surface area contributed by atoms with E-state index in [-0.39, 0.29) is 37.3 Å². The first-order chi connectivity index (χ1) is 20.6. The van der Waals surface area contributed by atoms with Crippen molar-refractivity contribution in [1.82, 2.24) is 0 Å². The maximum atomic E-state index is 15.9. The number of ether oxygens (including phenoxy) is 1. The number of aliphatic hydroxyl groups is 1. The van der Waals surface area contributed by atoms with Gasteiger partial charge in [-0.15, -0.1) is 0 Å². The van der Waals surface area contributed by atoms with E-state index in [1.165, 1.54) is 0 Å². The van der Waals surface area contributed by atoms with Crippen molar-refractivity contribution in [1.29, 1.82) is 0 Å². The zero-order chi connectivity index (χ0) is 30.5. The molecule has 0 bridgehead atoms. The van der Waals surface area contributed by atoms with E-state index in [0.29, 0.717) is 37.2 Å². The molecule has 3 fully saturated rings. The lowest BCUT2D eigenvalue weighted by atomic mass is 9.82. The Labute approximate surface area is 254 Å². The van der Waals surface area contributed by atoms with Crippen LogP contribution < -0.4 is 14.7 Å². The van der Waals surface area contributed by atoms with Gasteiger partial charge in [0.1, 0.15) is 0 Å². The molecule has 4 heterocycles. The molecule has 0 radical (unpaired) electrons. The molecule has 0 unspecified atom stereocenters. The van der Waals surface area contributed by atoms with E-state index >= 15 is 4.11 Å². The summed E-state index contributed by atoms with van der Waals surface area (Å²) in [5.74, 6) is -0.562. The monoisotopic (exact) mass is 607 g/mol. The van der Waals surface area contributed by atoms with Gasteiger partial charge in [-0.25, -0.2) is 0 Å². The molecule has 2 aromatic carbocycles. The summed E-state index contributed by atoms with van der Waals surface area (Å²) in [5, 5.41) is 9.88. The number of carbonyl (C=O) groups excluding carboxylic acids is 3. The minimum Gasteiger partial charge on any atom is -0.396 e. The van der Waals surface area contributed by atoms with Crippen molar-refractivity contribution in [2.45, 2.75) is 88.8 Å². The van der Waals surface area contributed by atoms with Crippen molar-refractivity contribution < 1.29 is 28.3 Å². The third kappa shape index (κ3) is 5.11. The second-order valence-electron chi connectivity index (χ2n) is 13.1. The van der Waals surface area contributed by atoms with Crippen LogP contribution in [0.1, 0.15) is 63.0 Å². The first kappa shape index (κ1) is 30.0. The van der Waals surface area contributed by atoms with Crippen molar-refractivity contribution in [3.05, 3.63) is 53.6 Å². The summed E-state index contributed by atoms with van der Waals surface area (Å²) in [7, 11) is -3.33. The normalized spacial score (nSPS) is 27.9. The Balaban J connectivity index is 1.42. The highest BCUT2D eigenvalue weighted by molar-refractivity contribution is 6.72. The molecule has 0 saturated carbocycles. The highest BCUT2D eigenvalue weighted by Gasteiger charge is 2.66. The number of nitrogens with zero attached hydrogens (tertiary/aromatic N) is 3. The predicted octanol–water partition coefficient (Wildman–Crippen LogP) is 5.42. The van der Waals surface area contributed by atoms with Gasteiger partial charge < -0.3 is 28.7 Å². The Bertz CT molecular complexity index is 1430. The number of piperidine rings is 2. The second-order valence-corrected chi connectivity index (χ2v) is 16.8. The molecule has 3 saturated heterocycles. The number of rotatable bonds is 7. The molecule has 0 aliphatic carbocycles. The molecule has 4 aliphatic rings. The number of anilines is 3. The quantitative estimate of drug-likeness (QED) is 0.335. The van der Waals surface area contributed by atoms with E-state index in [1.807, 2.05) is 54.3 Å². The van der Waals surface area contributed by atoms with Crippen LogP contribution in [0.15, 0.2) is 42.5 Å². The van der Waals surface area contributed by atoms with Gasteiger partial charge in [0, 0.05) is 60.9 Å². The molecule has 4 aliphatic heterocycles. The Morgan fingerprint density at radius 3 is 2.21 bits per heavy atom. The molecule has 1 spiro atoms. The predicted molar refractivity (Wildman–Crippen MR) is 166 cm³/mol. The van der Waals surface area contributed by atoms with E-state index in [0.717, 1.165) is 42.6 Å². The number of hydrogen-bond acceptors (Lipinski definition) is 5. The Hall–Kier alpha value is -3.08. The summed E-state index contributed by atoms with van der Waals surface area (Å²) in [5.41, 5.74) is 1.84. The Kier molecular flexibility index (Phi) is 7.98. The standard InChI is InChI=1S/C33H42FN3O5Si/c1-22-31(43(2,3)34)28(15-18-38)42-33(22)26-20-25(36-17-7-5-12-30(36)40)13-14-27(26)37(32(33)41)21-23-9-8-10-24(19-23)35-16-6-4-11-29(35)39/h8-10,13-14,19-20,22,28,31,38H,4-7,11-12,15-18,21H2,1-3H3/t22-,28+,31-,33+/m1/s1. The Morgan fingerprint density at radius 2 is 1.60 bits per heavy atom. The van der Waals surface area contributed by atoms with Crippen molar-refractivity contribution in [2.24, 2.45) is 5.92 Å². The fourth-order valence-corrected chi connectivity index (χ4v) is 10.5. The topological polar surface area (TPSA) is 90.4 Å². The van der Waals surface area contributed by atoms with Crippen LogP contribution >= 0.6 is 0 Å². The minimum absolute atomic E-state index is 0.0548. The smallest absolute Gasteiger partial charge is 0.264 e. The van der Waals surface area contributed by atoms with Crippen LogP contribution in [0, 0.1) is 5.92 Å². The molecule has 1 N–H and O–H groups in total. The summed E-state index contributed by atoms with van der Waals surface area (Å²) < 4.78 is 22.6. The van der Waals surface area contributed by atoms with Gasteiger partial charge in [0.05, 0.1) is 18.3 Å². The molecule has 230 valence electrons. The van der Waals surface area contributed by atoms with Crippen LogP contribution in [0.4, 0.5) is 21.2 Å². The number of aliphatic hydroxyl groups excluding tert-OH is 1. The van der Waals surface area contributed by atoms with Gasteiger partial charge in [0.15, 0.2) is 5.60 Å². The van der Waals surface area contributed by atoms with E-state index in [9.17, 15) is 19.5 Å². The number of benzene rings is 2. The molecular formula is C33H42FN3O5Si. The summed E-state index contributed by atoms with van der Waals surface area (Å²) in [6.07, 6.45) is 4.29. The first-order valence-electron chi connectivity index (χ1n) is 15.7. The molecule has 0 aromatic heterocycles. The zero-order valence-corrected chi connectivity index (χ0v) is 26.4. The zero-order valence-electron chi connectivity index (χ0n) is 25.4. The van der Waals surface area contributed by atoms with Gasteiger partial charge in [0.25, 0.3) is 5.91 Å². The Morgan fingerprint density at radius 1 is 0.953 bits per heavy atom. The van der Waals surface area contributed by atoms with Crippen LogP contribution in [0.25, 0.3) is 0 Å². The van der Waals surface area contributed by atoms with Crippen LogP contribution in [-0.2, 0) is 31.3 Å². The third-order valence-corrected chi connectivity index (χ3v) is 12.3. The SMILES string of the molecule is C[C@@H]1[C@@H]([Si](C)(C)F)[C@H](CCO)O[C@@]12C(=O)N(Cc1cccc(N3CCCCC3=O)c1)c1ccc(N3CCCCC3=O)cc12. The van der Waals surface area contributed by atoms with Gasteiger partial charge in [-0.2, -0.15) is 0 Å². The summed E-state index contributed by atoms with van der Waals surface area (Å²) in [6, 6.07) is 13.4. The van der Waals surface area contributed by atoms with Gasteiger partial charge in [0.2, 0.25) is 20.2 Å². The van der Waals surface area contributed by atoms with Gasteiger partial charge >= 0.3 is 0 Å². The van der Waals surface area contributed by atoms with Gasteiger partial charge in [-0.05, 0) is 81.1 Å². The lowest BCUT2D eigenvalue weighted by molar-refractivity contribution is -0.146. The molecule has 8 nitrogen and oxygen atoms in total. The molecule has 2 aromatic rings. The van der Waals surface area contributed by atoms with Crippen LogP contribution in [0.5, 0.6) is 0 Å². The fraction of sp³-hybridized carbons (Fsp3) is 0.545. The highest BCUT2D eigenvalue weighted by Crippen LogP contribution is 2.60. The number of fused-ring (bicyclic) bond motifs is 2. The minimum atomic E-state index is -3.33. The number of hydrogen-bond donors (Lipinski definition) is 1. The molecular weight excluding hydrogens is 565 g/mol. The maximum Gasteiger partial charge on any atom is 0.264 e. The van der Waals surface area contributed by atoms with E-state index in [2.05, 4.69) is 0 Å². The lowest BCUT2D eigenvalue weighted by Gasteiger charge is -2.32. The molecule has 43 heavy (non-hydrogen) atoms. The van der Waals surface area contributed by atoms with Crippen LogP contribution in [0.3, 0.4) is 0 Å². The van der Waals surface area contributed by atoms with E-state index in [1.54, 1.807) is 22.9 Å².